The van der Waals surface area contributed by atoms with Crippen LogP contribution >= 0.6 is 0 Å². The van der Waals surface area contributed by atoms with Crippen molar-refractivity contribution < 1.29 is 27.4 Å². The number of ether oxygens (including phenoxy) is 2. The molecule has 124 valence electrons. The van der Waals surface area contributed by atoms with Crippen molar-refractivity contribution in [2.45, 2.75) is 33.1 Å². The molecule has 0 aliphatic heterocycles. The van der Waals surface area contributed by atoms with E-state index in [9.17, 15) is 22.8 Å². The zero-order valence-corrected chi connectivity index (χ0v) is 12.6. The van der Waals surface area contributed by atoms with E-state index in [1.807, 2.05) is 0 Å². The van der Waals surface area contributed by atoms with Crippen molar-refractivity contribution in [1.29, 1.82) is 0 Å². The highest BCUT2D eigenvalue weighted by molar-refractivity contribution is 5.77. The van der Waals surface area contributed by atoms with Crippen LogP contribution in [0.25, 0.3) is 5.52 Å². The van der Waals surface area contributed by atoms with E-state index >= 15 is 0 Å². The first-order valence-corrected chi connectivity index (χ1v) is 6.72. The van der Waals surface area contributed by atoms with Crippen LogP contribution in [-0.2, 0) is 11.0 Å². The number of carbonyl (C=O) groups is 1. The molecule has 0 bridgehead atoms. The van der Waals surface area contributed by atoms with Crippen LogP contribution < -0.4 is 15.0 Å². The van der Waals surface area contributed by atoms with Crippen molar-refractivity contribution in [3.05, 3.63) is 40.3 Å². The highest BCUT2D eigenvalue weighted by Gasteiger charge is 2.41. The first-order chi connectivity index (χ1) is 10.6. The van der Waals surface area contributed by atoms with E-state index in [-0.39, 0.29) is 5.52 Å². The Hall–Kier alpha value is -2.51. The van der Waals surface area contributed by atoms with Crippen LogP contribution in [0, 0.1) is 0 Å². The van der Waals surface area contributed by atoms with Crippen LogP contribution in [0.15, 0.2) is 29.2 Å². The van der Waals surface area contributed by atoms with Gasteiger partial charge in [0.2, 0.25) is 0 Å². The van der Waals surface area contributed by atoms with Gasteiger partial charge in [-0.15, -0.1) is 0 Å². The molecule has 5 nitrogen and oxygen atoms in total. The number of aromatic nitrogens is 1. The van der Waals surface area contributed by atoms with Gasteiger partial charge >= 0.3 is 12.1 Å². The molecular formula is C15H14F3NO4. The van der Waals surface area contributed by atoms with Gasteiger partial charge in [0.25, 0.3) is 5.56 Å². The van der Waals surface area contributed by atoms with E-state index in [1.54, 1.807) is 0 Å². The molecule has 0 unspecified atom stereocenters. The summed E-state index contributed by atoms with van der Waals surface area (Å²) in [5.41, 5.74) is -2.79. The topological polar surface area (TPSA) is 57.0 Å². The molecule has 8 heteroatoms. The number of pyridine rings is 2. The van der Waals surface area contributed by atoms with Crippen molar-refractivity contribution in [3.8, 4) is 11.5 Å². The minimum atomic E-state index is -4.97. The zero-order chi connectivity index (χ0) is 17.4. The fourth-order valence-corrected chi connectivity index (χ4v) is 2.09. The van der Waals surface area contributed by atoms with Crippen molar-refractivity contribution in [1.82, 2.24) is 4.40 Å². The second-order valence-corrected chi connectivity index (χ2v) is 5.05. The van der Waals surface area contributed by atoms with Gasteiger partial charge in [-0.05, 0) is 26.0 Å². The lowest BCUT2D eigenvalue weighted by molar-refractivity contribution is -0.141. The van der Waals surface area contributed by atoms with Crippen LogP contribution in [-0.4, -0.2) is 16.5 Å². The molecule has 2 aromatic heterocycles. The molecule has 2 aromatic rings. The first kappa shape index (κ1) is 16.9. The largest absolute Gasteiger partial charge is 0.486 e. The van der Waals surface area contributed by atoms with E-state index in [2.05, 4.69) is 0 Å². The Bertz CT molecular complexity index is 809. The number of alkyl halides is 3. The third-order valence-corrected chi connectivity index (χ3v) is 2.84. The minimum Gasteiger partial charge on any atom is -0.486 e. The van der Waals surface area contributed by atoms with Crippen molar-refractivity contribution in [2.24, 2.45) is 0 Å². The van der Waals surface area contributed by atoms with Gasteiger partial charge in [-0.1, -0.05) is 6.07 Å². The monoisotopic (exact) mass is 329 g/mol. The predicted octanol–water partition coefficient (Wildman–Crippen LogP) is 3.03. The molecule has 0 saturated carbocycles. The van der Waals surface area contributed by atoms with Crippen LogP contribution in [0.3, 0.4) is 0 Å². The van der Waals surface area contributed by atoms with Crippen LogP contribution in [0.2, 0.25) is 0 Å². The summed E-state index contributed by atoms with van der Waals surface area (Å²) in [6.45, 7) is 4.06. The number of esters is 1. The van der Waals surface area contributed by atoms with Crippen molar-refractivity contribution in [3.63, 3.8) is 0 Å². The smallest absolute Gasteiger partial charge is 0.425 e. The van der Waals surface area contributed by atoms with Crippen LogP contribution in [0.5, 0.6) is 11.5 Å². The average molecular weight is 329 g/mol. The van der Waals surface area contributed by atoms with Crippen LogP contribution in [0.1, 0.15) is 26.3 Å². The van der Waals surface area contributed by atoms with Gasteiger partial charge in [0.15, 0.2) is 17.1 Å². The molecule has 23 heavy (non-hydrogen) atoms. The number of halogens is 3. The lowest BCUT2D eigenvalue weighted by Gasteiger charge is -2.20. The van der Waals surface area contributed by atoms with Gasteiger partial charge in [0.05, 0.1) is 11.6 Å². The fourth-order valence-electron chi connectivity index (χ4n) is 2.09. The van der Waals surface area contributed by atoms with Crippen molar-refractivity contribution >= 4 is 11.5 Å². The van der Waals surface area contributed by atoms with Gasteiger partial charge in [-0.25, -0.2) is 0 Å². The summed E-state index contributed by atoms with van der Waals surface area (Å²) in [4.78, 5) is 23.5. The van der Waals surface area contributed by atoms with Crippen molar-refractivity contribution in [2.75, 3.05) is 0 Å². The van der Waals surface area contributed by atoms with Crippen LogP contribution in [0.4, 0.5) is 13.2 Å². The molecule has 0 aliphatic rings. The zero-order valence-electron chi connectivity index (χ0n) is 12.6. The Labute approximate surface area is 129 Å². The van der Waals surface area contributed by atoms with Gasteiger partial charge in [0.1, 0.15) is 0 Å². The summed E-state index contributed by atoms with van der Waals surface area (Å²) >= 11 is 0. The number of fused-ring (bicyclic) bond motifs is 1. The Morgan fingerprint density at radius 3 is 2.39 bits per heavy atom. The Morgan fingerprint density at radius 2 is 1.87 bits per heavy atom. The molecule has 0 aliphatic carbocycles. The second-order valence-electron chi connectivity index (χ2n) is 5.05. The Balaban J connectivity index is 2.98. The van der Waals surface area contributed by atoms with E-state index in [1.165, 1.54) is 38.2 Å². The molecule has 2 heterocycles. The minimum absolute atomic E-state index is 0.0105. The number of rotatable bonds is 3. The van der Waals surface area contributed by atoms with Gasteiger partial charge in [-0.2, -0.15) is 13.2 Å². The third-order valence-electron chi connectivity index (χ3n) is 2.84. The SMILES string of the molecule is CC(=O)Oc1c(OC(C)C)c(C(F)(F)F)c(=O)n2ccccc12. The normalized spacial score (nSPS) is 11.8. The molecular weight excluding hydrogens is 315 g/mol. The molecule has 0 aromatic carbocycles. The predicted molar refractivity (Wildman–Crippen MR) is 75.7 cm³/mol. The highest BCUT2D eigenvalue weighted by Crippen LogP contribution is 2.42. The maximum atomic E-state index is 13.4. The number of nitrogens with zero attached hydrogens (tertiary/aromatic N) is 1. The number of hydrogen-bond acceptors (Lipinski definition) is 4. The summed E-state index contributed by atoms with van der Waals surface area (Å²) < 4.78 is 51.0. The molecule has 0 spiro atoms. The van der Waals surface area contributed by atoms with Gasteiger partial charge in [-0.3, -0.25) is 14.0 Å². The number of carbonyl (C=O) groups excluding carboxylic acids is 1. The summed E-state index contributed by atoms with van der Waals surface area (Å²) in [7, 11) is 0. The van der Waals surface area contributed by atoms with E-state index in [0.717, 1.165) is 11.3 Å². The van der Waals surface area contributed by atoms with E-state index < -0.39 is 40.9 Å². The molecule has 0 N–H and O–H groups in total. The average Bonchev–Trinajstić information content (AvgIpc) is 2.41. The van der Waals surface area contributed by atoms with Gasteiger partial charge < -0.3 is 9.47 Å². The molecule has 0 atom stereocenters. The summed E-state index contributed by atoms with van der Waals surface area (Å²) in [6.07, 6.45) is -4.46. The molecule has 0 fully saturated rings. The molecule has 0 radical (unpaired) electrons. The maximum absolute atomic E-state index is 13.4. The Kier molecular flexibility index (Phi) is 4.35. The standard InChI is InChI=1S/C15H14F3NO4/c1-8(2)22-13-11(15(16,17)18)14(21)19-7-5-4-6-10(19)12(13)23-9(3)20/h4-8H,1-3H3. The first-order valence-electron chi connectivity index (χ1n) is 6.72. The lowest BCUT2D eigenvalue weighted by atomic mass is 10.2. The molecule has 0 amide bonds. The number of hydrogen-bond donors (Lipinski definition) is 0. The van der Waals surface area contributed by atoms with E-state index in [0.29, 0.717) is 0 Å². The third kappa shape index (κ3) is 3.30. The second kappa shape index (κ2) is 5.94. The maximum Gasteiger partial charge on any atom is 0.425 e. The summed E-state index contributed by atoms with van der Waals surface area (Å²) in [5.74, 6) is -2.03. The molecule has 2 rings (SSSR count). The summed E-state index contributed by atoms with van der Waals surface area (Å²) in [6, 6.07) is 4.27. The van der Waals surface area contributed by atoms with E-state index in [4.69, 9.17) is 9.47 Å². The quantitative estimate of drug-likeness (QED) is 0.812. The summed E-state index contributed by atoms with van der Waals surface area (Å²) in [5, 5.41) is 0. The molecule has 0 saturated heterocycles. The lowest BCUT2D eigenvalue weighted by Crippen LogP contribution is -2.28. The van der Waals surface area contributed by atoms with Gasteiger partial charge in [0, 0.05) is 13.1 Å². The fraction of sp³-hybridized carbons (Fsp3) is 0.333. The highest BCUT2D eigenvalue weighted by atomic mass is 19.4. The Morgan fingerprint density at radius 1 is 1.22 bits per heavy atom.